The molecule has 0 amide bonds. The topological polar surface area (TPSA) is 66.7 Å². The molecular weight excluding hydrogens is 398 g/mol. The van der Waals surface area contributed by atoms with Crippen molar-refractivity contribution in [1.82, 2.24) is 9.88 Å². The van der Waals surface area contributed by atoms with Crippen molar-refractivity contribution < 1.29 is 12.8 Å². The number of nitrogens with zero attached hydrogens (tertiary/aromatic N) is 3. The number of fused-ring (bicyclic) bond motifs is 2. The van der Waals surface area contributed by atoms with Crippen molar-refractivity contribution in [2.75, 3.05) is 37.6 Å². The maximum absolute atomic E-state index is 13.4. The number of hydrogen-bond donors (Lipinski definition) is 0. The summed E-state index contributed by atoms with van der Waals surface area (Å²) in [5.41, 5.74) is 1.16. The Balaban J connectivity index is 1.52. The third kappa shape index (κ3) is 3.24. The molecule has 3 aromatic carbocycles. The van der Waals surface area contributed by atoms with Crippen LogP contribution in [0.25, 0.3) is 21.9 Å². The Bertz CT molecular complexity index is 1320. The molecule has 1 aliphatic heterocycles. The van der Waals surface area contributed by atoms with Crippen LogP contribution in [0.3, 0.4) is 0 Å². The van der Waals surface area contributed by atoms with E-state index in [4.69, 9.17) is 4.42 Å². The first-order chi connectivity index (χ1) is 14.6. The van der Waals surface area contributed by atoms with Gasteiger partial charge in [-0.2, -0.15) is 4.98 Å². The van der Waals surface area contributed by atoms with Gasteiger partial charge in [-0.25, -0.2) is 8.42 Å². The number of anilines is 1. The van der Waals surface area contributed by atoms with Crippen LogP contribution in [0.2, 0.25) is 0 Å². The molecule has 2 heterocycles. The van der Waals surface area contributed by atoms with E-state index in [2.05, 4.69) is 21.7 Å². The van der Waals surface area contributed by atoms with Crippen molar-refractivity contribution in [2.24, 2.45) is 0 Å². The molecule has 154 valence electrons. The van der Waals surface area contributed by atoms with Gasteiger partial charge in [-0.3, -0.25) is 0 Å². The molecule has 1 aliphatic rings. The molecule has 0 N–H and O–H groups in total. The zero-order chi connectivity index (χ0) is 20.7. The quantitative estimate of drug-likeness (QED) is 0.497. The highest BCUT2D eigenvalue weighted by Gasteiger charge is 2.23. The summed E-state index contributed by atoms with van der Waals surface area (Å²) >= 11 is 0. The summed E-state index contributed by atoms with van der Waals surface area (Å²) in [7, 11) is -3.69. The van der Waals surface area contributed by atoms with Crippen molar-refractivity contribution in [1.29, 1.82) is 0 Å². The molecule has 1 saturated heterocycles. The summed E-state index contributed by atoms with van der Waals surface area (Å²) in [6.07, 6.45) is 0. The van der Waals surface area contributed by atoms with Gasteiger partial charge in [-0.1, -0.05) is 43.3 Å². The van der Waals surface area contributed by atoms with Gasteiger partial charge in [-0.15, -0.1) is 0 Å². The monoisotopic (exact) mass is 421 g/mol. The average molecular weight is 422 g/mol. The molecule has 30 heavy (non-hydrogen) atoms. The predicted molar refractivity (Wildman–Crippen MR) is 118 cm³/mol. The van der Waals surface area contributed by atoms with Crippen LogP contribution in [0.5, 0.6) is 0 Å². The van der Waals surface area contributed by atoms with Gasteiger partial charge in [0.15, 0.2) is 5.58 Å². The van der Waals surface area contributed by atoms with Crippen LogP contribution < -0.4 is 4.90 Å². The Kier molecular flexibility index (Phi) is 4.72. The van der Waals surface area contributed by atoms with Crippen molar-refractivity contribution in [3.05, 3.63) is 60.7 Å². The van der Waals surface area contributed by atoms with Crippen LogP contribution in [0.1, 0.15) is 6.92 Å². The number of likely N-dealkylation sites (N-methyl/N-ethyl adjacent to an activating group) is 1. The molecule has 6 nitrogen and oxygen atoms in total. The first-order valence-electron chi connectivity index (χ1n) is 10.2. The highest BCUT2D eigenvalue weighted by atomic mass is 32.2. The molecule has 1 fully saturated rings. The van der Waals surface area contributed by atoms with Gasteiger partial charge in [0.1, 0.15) is 5.52 Å². The summed E-state index contributed by atoms with van der Waals surface area (Å²) in [5.74, 6) is 0. The van der Waals surface area contributed by atoms with Gasteiger partial charge in [0.2, 0.25) is 9.84 Å². The van der Waals surface area contributed by atoms with Gasteiger partial charge >= 0.3 is 0 Å². The molecule has 7 heteroatoms. The summed E-state index contributed by atoms with van der Waals surface area (Å²) in [6.45, 7) is 6.83. The van der Waals surface area contributed by atoms with Crippen LogP contribution in [0, 0.1) is 0 Å². The van der Waals surface area contributed by atoms with Gasteiger partial charge in [0, 0.05) is 31.6 Å². The summed E-state index contributed by atoms with van der Waals surface area (Å²) in [5, 5.41) is 1.62. The van der Waals surface area contributed by atoms with Crippen LogP contribution >= 0.6 is 0 Å². The maximum Gasteiger partial charge on any atom is 0.298 e. The molecule has 1 aromatic heterocycles. The molecular formula is C23H23N3O3S. The van der Waals surface area contributed by atoms with E-state index in [1.165, 1.54) is 0 Å². The molecule has 0 spiro atoms. The first-order valence-corrected chi connectivity index (χ1v) is 11.7. The highest BCUT2D eigenvalue weighted by molar-refractivity contribution is 7.91. The molecule has 4 aromatic rings. The number of piperazine rings is 1. The van der Waals surface area contributed by atoms with Crippen molar-refractivity contribution in [3.63, 3.8) is 0 Å². The van der Waals surface area contributed by atoms with E-state index in [1.807, 2.05) is 30.3 Å². The highest BCUT2D eigenvalue weighted by Crippen LogP contribution is 2.31. The summed E-state index contributed by atoms with van der Waals surface area (Å²) in [4.78, 5) is 9.62. The average Bonchev–Trinajstić information content (AvgIpc) is 3.22. The lowest BCUT2D eigenvalue weighted by Crippen LogP contribution is -2.46. The fourth-order valence-corrected chi connectivity index (χ4v) is 5.51. The number of aromatic nitrogens is 1. The minimum atomic E-state index is -3.69. The van der Waals surface area contributed by atoms with E-state index in [0.717, 1.165) is 43.5 Å². The van der Waals surface area contributed by atoms with E-state index in [0.29, 0.717) is 22.0 Å². The molecule has 0 aliphatic carbocycles. The SMILES string of the molecule is CCN1CCN(c2nc3cc(S(=O)(=O)c4cccc5ccccc45)ccc3o2)CC1. The van der Waals surface area contributed by atoms with E-state index in [1.54, 1.807) is 30.3 Å². The predicted octanol–water partition coefficient (Wildman–Crippen LogP) is 3.96. The largest absolute Gasteiger partial charge is 0.423 e. The molecule has 0 unspecified atom stereocenters. The fraction of sp³-hybridized carbons (Fsp3) is 0.261. The van der Waals surface area contributed by atoms with E-state index < -0.39 is 9.84 Å². The number of sulfone groups is 1. The molecule has 0 radical (unpaired) electrons. The second-order valence-electron chi connectivity index (χ2n) is 7.53. The Morgan fingerprint density at radius 2 is 1.73 bits per heavy atom. The second kappa shape index (κ2) is 7.41. The zero-order valence-electron chi connectivity index (χ0n) is 16.8. The third-order valence-corrected chi connectivity index (χ3v) is 7.60. The number of hydrogen-bond acceptors (Lipinski definition) is 6. The van der Waals surface area contributed by atoms with Crippen LogP contribution in [-0.4, -0.2) is 51.0 Å². The molecule has 0 saturated carbocycles. The Morgan fingerprint density at radius 3 is 2.53 bits per heavy atom. The summed E-state index contributed by atoms with van der Waals surface area (Å²) in [6, 6.07) is 18.3. The number of rotatable bonds is 4. The van der Waals surface area contributed by atoms with E-state index >= 15 is 0 Å². The standard InChI is InChI=1S/C23H23N3O3S/c1-2-25-12-14-26(15-13-25)23-24-20-16-18(10-11-21(20)29-23)30(27,28)22-9-5-7-17-6-3-4-8-19(17)22/h3-11,16H,2,12-15H2,1H3. The van der Waals surface area contributed by atoms with Gasteiger partial charge in [-0.05, 0) is 36.2 Å². The zero-order valence-corrected chi connectivity index (χ0v) is 17.6. The maximum atomic E-state index is 13.4. The molecule has 0 bridgehead atoms. The fourth-order valence-electron chi connectivity index (χ4n) is 4.01. The van der Waals surface area contributed by atoms with Crippen molar-refractivity contribution in [2.45, 2.75) is 16.7 Å². The van der Waals surface area contributed by atoms with Gasteiger partial charge in [0.05, 0.1) is 9.79 Å². The van der Waals surface area contributed by atoms with Crippen molar-refractivity contribution >= 4 is 37.7 Å². The minimum Gasteiger partial charge on any atom is -0.423 e. The van der Waals surface area contributed by atoms with Crippen molar-refractivity contribution in [3.8, 4) is 0 Å². The smallest absolute Gasteiger partial charge is 0.298 e. The number of oxazole rings is 1. The van der Waals surface area contributed by atoms with E-state index in [-0.39, 0.29) is 4.90 Å². The van der Waals surface area contributed by atoms with Crippen LogP contribution in [0.4, 0.5) is 6.01 Å². The third-order valence-electron chi connectivity index (χ3n) is 5.79. The number of benzene rings is 3. The molecule has 5 rings (SSSR count). The minimum absolute atomic E-state index is 0.224. The van der Waals surface area contributed by atoms with Crippen LogP contribution in [0.15, 0.2) is 74.9 Å². The van der Waals surface area contributed by atoms with Crippen LogP contribution in [-0.2, 0) is 9.84 Å². The lowest BCUT2D eigenvalue weighted by atomic mass is 10.1. The second-order valence-corrected chi connectivity index (χ2v) is 9.45. The van der Waals surface area contributed by atoms with Gasteiger partial charge < -0.3 is 14.2 Å². The Hall–Kier alpha value is -2.90. The lowest BCUT2D eigenvalue weighted by molar-refractivity contribution is 0.266. The lowest BCUT2D eigenvalue weighted by Gasteiger charge is -2.32. The Morgan fingerprint density at radius 1 is 0.967 bits per heavy atom. The molecule has 0 atom stereocenters. The van der Waals surface area contributed by atoms with E-state index in [9.17, 15) is 8.42 Å². The Labute approximate surface area is 175 Å². The normalized spacial score (nSPS) is 15.8. The summed E-state index contributed by atoms with van der Waals surface area (Å²) < 4.78 is 32.7. The first kappa shape index (κ1) is 19.1. The van der Waals surface area contributed by atoms with Gasteiger partial charge in [0.25, 0.3) is 6.01 Å².